The number of hydrogen-bond donors (Lipinski definition) is 2. The number of nitriles is 1. The number of rotatable bonds is 5. The number of H-pyrrole nitrogens is 1. The first-order chi connectivity index (χ1) is 10.5. The Morgan fingerprint density at radius 2 is 2.18 bits per heavy atom. The van der Waals surface area contributed by atoms with Crippen molar-refractivity contribution in [3.63, 3.8) is 0 Å². The van der Waals surface area contributed by atoms with Crippen molar-refractivity contribution < 1.29 is 9.90 Å². The summed E-state index contributed by atoms with van der Waals surface area (Å²) in [7, 11) is 0. The molecule has 2 aromatic rings. The topological polar surface area (TPSA) is 97.2 Å². The van der Waals surface area contributed by atoms with Gasteiger partial charge < -0.3 is 15.0 Å². The third-order valence-corrected chi connectivity index (χ3v) is 5.65. The average Bonchev–Trinajstić information content (AvgIpc) is 2.84. The zero-order valence-electron chi connectivity index (χ0n) is 12.2. The number of aromatic nitrogens is 1. The van der Waals surface area contributed by atoms with Gasteiger partial charge in [0.15, 0.2) is 0 Å². The minimum absolute atomic E-state index is 0.00550. The lowest BCUT2D eigenvalue weighted by atomic mass is 10.3. The lowest BCUT2D eigenvalue weighted by Crippen LogP contribution is -2.31. The molecule has 0 aliphatic heterocycles. The molecule has 0 saturated carbocycles. The highest BCUT2D eigenvalue weighted by atomic mass is 32.2. The number of aromatic amines is 1. The molecule has 0 aliphatic rings. The van der Waals surface area contributed by atoms with E-state index in [0.29, 0.717) is 33.1 Å². The molecule has 2 aromatic heterocycles. The minimum Gasteiger partial charge on any atom is -0.506 e. The van der Waals surface area contributed by atoms with E-state index in [-0.39, 0.29) is 17.4 Å². The molecule has 0 atom stereocenters. The molecule has 22 heavy (non-hydrogen) atoms. The number of nitrogens with one attached hydrogen (secondary N) is 1. The molecule has 0 radical (unpaired) electrons. The first-order valence-corrected chi connectivity index (χ1v) is 8.51. The van der Waals surface area contributed by atoms with Crippen LogP contribution < -0.4 is 5.56 Å². The molecule has 8 heteroatoms. The number of amides is 1. The Morgan fingerprint density at radius 1 is 1.50 bits per heavy atom. The predicted octanol–water partition coefficient (Wildman–Crippen LogP) is 2.13. The molecule has 1 amide bonds. The number of pyridine rings is 1. The zero-order valence-corrected chi connectivity index (χ0v) is 13.8. The summed E-state index contributed by atoms with van der Waals surface area (Å²) in [4.78, 5) is 27.7. The third kappa shape index (κ3) is 3.10. The number of nitrogens with zero attached hydrogens (tertiary/aromatic N) is 2. The largest absolute Gasteiger partial charge is 0.506 e. The highest BCUT2D eigenvalue weighted by Crippen LogP contribution is 2.39. The molecule has 116 valence electrons. The van der Waals surface area contributed by atoms with Gasteiger partial charge in [-0.3, -0.25) is 9.59 Å². The molecule has 2 rings (SSSR count). The standard InChI is InChI=1S/C14H15N3O3S2/c1-3-17(4-2)11(20)7-21-14-8(6-15)12-13(22-14)9(18)5-10(19)16-12/h5H,3-4,7H2,1-2H3,(H2,16,18,19). The molecule has 0 unspecified atom stereocenters. The lowest BCUT2D eigenvalue weighted by molar-refractivity contribution is -0.127. The van der Waals surface area contributed by atoms with Crippen molar-refractivity contribution in [3.05, 3.63) is 22.0 Å². The van der Waals surface area contributed by atoms with E-state index in [2.05, 4.69) is 4.98 Å². The van der Waals surface area contributed by atoms with Crippen LogP contribution in [0.25, 0.3) is 10.2 Å². The molecule has 0 saturated heterocycles. The second-order valence-corrected chi connectivity index (χ2v) is 6.72. The molecule has 0 spiro atoms. The van der Waals surface area contributed by atoms with E-state index in [9.17, 15) is 20.0 Å². The van der Waals surface area contributed by atoms with Crippen LogP contribution in [0.1, 0.15) is 19.4 Å². The number of thiophene rings is 1. The fourth-order valence-corrected chi connectivity index (χ4v) is 4.30. The van der Waals surface area contributed by atoms with Gasteiger partial charge in [-0.25, -0.2) is 0 Å². The Balaban J connectivity index is 2.33. The van der Waals surface area contributed by atoms with Crippen molar-refractivity contribution in [2.45, 2.75) is 18.1 Å². The van der Waals surface area contributed by atoms with Crippen molar-refractivity contribution in [1.82, 2.24) is 9.88 Å². The van der Waals surface area contributed by atoms with E-state index >= 15 is 0 Å². The maximum absolute atomic E-state index is 12.0. The van der Waals surface area contributed by atoms with Crippen LogP contribution >= 0.6 is 23.1 Å². The number of hydrogen-bond acceptors (Lipinski definition) is 6. The zero-order chi connectivity index (χ0) is 16.3. The summed E-state index contributed by atoms with van der Waals surface area (Å²) in [5.74, 6) is 0.0602. The summed E-state index contributed by atoms with van der Waals surface area (Å²) >= 11 is 2.45. The molecule has 0 aliphatic carbocycles. The van der Waals surface area contributed by atoms with E-state index in [1.807, 2.05) is 19.9 Å². The Morgan fingerprint density at radius 3 is 2.77 bits per heavy atom. The molecule has 6 nitrogen and oxygen atoms in total. The molecular formula is C14H15N3O3S2. The van der Waals surface area contributed by atoms with Crippen LogP contribution in [0, 0.1) is 11.3 Å². The van der Waals surface area contributed by atoms with Crippen LogP contribution in [0.3, 0.4) is 0 Å². The number of thioether (sulfide) groups is 1. The van der Waals surface area contributed by atoms with Gasteiger partial charge in [0, 0.05) is 19.2 Å². The summed E-state index contributed by atoms with van der Waals surface area (Å²) in [5.41, 5.74) is 0.163. The summed E-state index contributed by atoms with van der Waals surface area (Å²) in [6, 6.07) is 3.12. The van der Waals surface area contributed by atoms with Gasteiger partial charge in [0.25, 0.3) is 5.56 Å². The molecule has 0 bridgehead atoms. The minimum atomic E-state index is -0.463. The van der Waals surface area contributed by atoms with Gasteiger partial charge >= 0.3 is 0 Å². The van der Waals surface area contributed by atoms with E-state index in [1.165, 1.54) is 23.1 Å². The smallest absolute Gasteiger partial charge is 0.252 e. The van der Waals surface area contributed by atoms with E-state index in [4.69, 9.17) is 0 Å². The highest BCUT2D eigenvalue weighted by molar-refractivity contribution is 8.02. The van der Waals surface area contributed by atoms with Crippen LogP contribution in [0.5, 0.6) is 5.75 Å². The average molecular weight is 337 g/mol. The van der Waals surface area contributed by atoms with Gasteiger partial charge in [-0.1, -0.05) is 0 Å². The van der Waals surface area contributed by atoms with Gasteiger partial charge in [-0.2, -0.15) is 5.26 Å². The van der Waals surface area contributed by atoms with Gasteiger partial charge in [-0.05, 0) is 13.8 Å². The summed E-state index contributed by atoms with van der Waals surface area (Å²) < 4.78 is 1.07. The fourth-order valence-electron chi connectivity index (χ4n) is 2.06. The quantitative estimate of drug-likeness (QED) is 0.815. The normalized spacial score (nSPS) is 10.6. The van der Waals surface area contributed by atoms with E-state index < -0.39 is 5.56 Å². The monoisotopic (exact) mass is 337 g/mol. The van der Waals surface area contributed by atoms with Gasteiger partial charge in [0.1, 0.15) is 17.4 Å². The number of carbonyl (C=O) groups is 1. The predicted molar refractivity (Wildman–Crippen MR) is 87.5 cm³/mol. The molecule has 2 N–H and O–H groups in total. The SMILES string of the molecule is CCN(CC)C(=O)CSc1sc2c(O)cc(=O)[nH]c2c1C#N. The van der Waals surface area contributed by atoms with Crippen molar-refractivity contribution in [2.24, 2.45) is 0 Å². The number of aromatic hydroxyl groups is 1. The maximum Gasteiger partial charge on any atom is 0.252 e. The number of carbonyl (C=O) groups excluding carboxylic acids is 1. The Kier molecular flexibility index (Phi) is 5.11. The van der Waals surface area contributed by atoms with Crippen molar-refractivity contribution in [2.75, 3.05) is 18.8 Å². The fraction of sp³-hybridized carbons (Fsp3) is 0.357. The molecular weight excluding hydrogens is 322 g/mol. The van der Waals surface area contributed by atoms with Gasteiger partial charge in [-0.15, -0.1) is 23.1 Å². The van der Waals surface area contributed by atoms with Crippen LogP contribution in [-0.2, 0) is 4.79 Å². The summed E-state index contributed by atoms with van der Waals surface area (Å²) in [6.45, 7) is 5.10. The molecule has 0 aromatic carbocycles. The summed E-state index contributed by atoms with van der Waals surface area (Å²) in [5, 5.41) is 19.1. The Hall–Kier alpha value is -1.98. The van der Waals surface area contributed by atoms with Crippen LogP contribution in [0.2, 0.25) is 0 Å². The van der Waals surface area contributed by atoms with Crippen molar-refractivity contribution >= 4 is 39.2 Å². The Bertz CT molecular complexity index is 800. The Labute approximate surface area is 135 Å². The maximum atomic E-state index is 12.0. The second kappa shape index (κ2) is 6.85. The highest BCUT2D eigenvalue weighted by Gasteiger charge is 2.18. The third-order valence-electron chi connectivity index (χ3n) is 3.18. The van der Waals surface area contributed by atoms with E-state index in [0.717, 1.165) is 6.07 Å². The van der Waals surface area contributed by atoms with Gasteiger partial charge in [0.05, 0.1) is 20.2 Å². The van der Waals surface area contributed by atoms with Gasteiger partial charge in [0.2, 0.25) is 5.91 Å². The molecule has 0 fully saturated rings. The first kappa shape index (κ1) is 16.4. The second-order valence-electron chi connectivity index (χ2n) is 4.45. The van der Waals surface area contributed by atoms with Crippen molar-refractivity contribution in [3.8, 4) is 11.8 Å². The molecule has 2 heterocycles. The first-order valence-electron chi connectivity index (χ1n) is 6.71. The summed E-state index contributed by atoms with van der Waals surface area (Å²) in [6.07, 6.45) is 0. The van der Waals surface area contributed by atoms with Crippen LogP contribution in [0.4, 0.5) is 0 Å². The van der Waals surface area contributed by atoms with Crippen LogP contribution in [0.15, 0.2) is 15.1 Å². The lowest BCUT2D eigenvalue weighted by Gasteiger charge is -2.17. The van der Waals surface area contributed by atoms with Crippen LogP contribution in [-0.4, -0.2) is 39.7 Å². The van der Waals surface area contributed by atoms with E-state index in [1.54, 1.807) is 4.90 Å². The van der Waals surface area contributed by atoms with Crippen molar-refractivity contribution in [1.29, 1.82) is 5.26 Å². The number of fused-ring (bicyclic) bond motifs is 1.